The van der Waals surface area contributed by atoms with Gasteiger partial charge in [-0.05, 0) is 31.2 Å². The Bertz CT molecular complexity index is 1470. The Morgan fingerprint density at radius 3 is 2.14 bits per heavy atom. The molecule has 42 heavy (non-hydrogen) atoms. The average molecular weight is 595 g/mol. The standard InChI is InChI=1S/C27H30O15/c1-9-23(41-27-21(36)19(34)17(32)15(8-28)40-27)20(35)22(37)26(38-9)42-25-18(33)16-13(31)6-12(30)7-14(16)39-24(25)10-2-4-11(29)5-3-10/h2-7,9,15,17,19-23,26-32,34-37H,8H2,1H3/t9?,15?,17-,19?,20?,21-,22+,23+,26+,27+/m1/s1. The van der Waals surface area contributed by atoms with E-state index in [9.17, 15) is 50.8 Å². The maximum atomic E-state index is 13.5. The van der Waals surface area contributed by atoms with Crippen molar-refractivity contribution in [3.63, 3.8) is 0 Å². The van der Waals surface area contributed by atoms with Gasteiger partial charge < -0.3 is 69.3 Å². The molecule has 15 heteroatoms. The van der Waals surface area contributed by atoms with Crippen LogP contribution in [0.4, 0.5) is 0 Å². The SMILES string of the molecule is CC1O[C@@H](Oc2c(-c3ccc(O)cc3)oc3cc(O)cc(O)c3c2=O)[C@@H](O)C(O)[C@H]1O[C@@H]1OC(CO)[C@@H](O)C(O)[C@H]1O. The number of rotatable bonds is 6. The van der Waals surface area contributed by atoms with E-state index >= 15 is 0 Å². The van der Waals surface area contributed by atoms with Gasteiger partial charge in [-0.1, -0.05) is 0 Å². The van der Waals surface area contributed by atoms with Crippen LogP contribution in [0.3, 0.4) is 0 Å². The summed E-state index contributed by atoms with van der Waals surface area (Å²) in [6.07, 6.45) is -15.9. The predicted molar refractivity (Wildman–Crippen MR) is 139 cm³/mol. The highest BCUT2D eigenvalue weighted by Gasteiger charge is 2.50. The molecule has 2 aliphatic heterocycles. The second-order valence-electron chi connectivity index (χ2n) is 10.1. The van der Waals surface area contributed by atoms with E-state index in [1.54, 1.807) is 0 Å². The van der Waals surface area contributed by atoms with Crippen LogP contribution in [0.25, 0.3) is 22.3 Å². The Kier molecular flexibility index (Phi) is 8.30. The largest absolute Gasteiger partial charge is 0.508 e. The van der Waals surface area contributed by atoms with Gasteiger partial charge in [-0.15, -0.1) is 0 Å². The number of aromatic hydroxyl groups is 3. The fraction of sp³-hybridized carbons (Fsp3) is 0.444. The van der Waals surface area contributed by atoms with Gasteiger partial charge >= 0.3 is 0 Å². The van der Waals surface area contributed by atoms with E-state index in [0.717, 1.165) is 12.1 Å². The second-order valence-corrected chi connectivity index (χ2v) is 10.1. The zero-order chi connectivity index (χ0) is 30.5. The van der Waals surface area contributed by atoms with E-state index in [4.69, 9.17) is 23.4 Å². The van der Waals surface area contributed by atoms with Crippen molar-refractivity contribution in [3.05, 3.63) is 46.6 Å². The van der Waals surface area contributed by atoms with Gasteiger partial charge in [0.1, 0.15) is 70.9 Å². The van der Waals surface area contributed by atoms with Gasteiger partial charge in [0.05, 0.1) is 12.7 Å². The normalized spacial score (nSPS) is 33.5. The highest BCUT2D eigenvalue weighted by molar-refractivity contribution is 5.88. The van der Waals surface area contributed by atoms with Crippen molar-refractivity contribution in [1.82, 2.24) is 0 Å². The van der Waals surface area contributed by atoms with Crippen LogP contribution in [-0.4, -0.2) is 114 Å². The van der Waals surface area contributed by atoms with Gasteiger partial charge in [0.2, 0.25) is 17.5 Å². The minimum atomic E-state index is -1.88. The molecule has 5 rings (SSSR count). The van der Waals surface area contributed by atoms with Crippen LogP contribution in [0, 0.1) is 0 Å². The predicted octanol–water partition coefficient (Wildman–Crippen LogP) is -1.39. The molecule has 2 aromatic carbocycles. The summed E-state index contributed by atoms with van der Waals surface area (Å²) in [6, 6.07) is 7.43. The molecule has 3 heterocycles. The van der Waals surface area contributed by atoms with Gasteiger partial charge in [-0.25, -0.2) is 0 Å². The molecule has 0 amide bonds. The third-order valence-electron chi connectivity index (χ3n) is 7.20. The summed E-state index contributed by atoms with van der Waals surface area (Å²) < 4.78 is 28.2. The van der Waals surface area contributed by atoms with Crippen LogP contribution in [-0.2, 0) is 14.2 Å². The first kappa shape index (κ1) is 30.0. The lowest BCUT2D eigenvalue weighted by atomic mass is 9.97. The van der Waals surface area contributed by atoms with E-state index in [1.807, 2.05) is 0 Å². The lowest BCUT2D eigenvalue weighted by Crippen LogP contribution is -2.64. The number of hydrogen-bond donors (Lipinski definition) is 9. The molecule has 0 saturated carbocycles. The Hall–Kier alpha value is -3.51. The first-order valence-electron chi connectivity index (χ1n) is 12.9. The molecule has 3 aromatic rings. The van der Waals surface area contributed by atoms with Crippen LogP contribution in [0.15, 0.2) is 45.6 Å². The molecule has 9 N–H and O–H groups in total. The molecule has 4 unspecified atom stereocenters. The Balaban J connectivity index is 1.45. The number of hydrogen-bond acceptors (Lipinski definition) is 15. The molecule has 0 spiro atoms. The van der Waals surface area contributed by atoms with Crippen LogP contribution in [0.5, 0.6) is 23.0 Å². The molecular formula is C27H30O15. The molecule has 2 saturated heterocycles. The number of aliphatic hydroxyl groups is 6. The zero-order valence-electron chi connectivity index (χ0n) is 21.9. The van der Waals surface area contributed by atoms with Crippen LogP contribution >= 0.6 is 0 Å². The second kappa shape index (κ2) is 11.6. The molecule has 228 valence electrons. The summed E-state index contributed by atoms with van der Waals surface area (Å²) in [7, 11) is 0. The number of fused-ring (bicyclic) bond motifs is 1. The quantitative estimate of drug-likeness (QED) is 0.159. The van der Waals surface area contributed by atoms with Gasteiger partial charge in [0.25, 0.3) is 0 Å². The Morgan fingerprint density at radius 1 is 0.810 bits per heavy atom. The number of phenolic OH excluding ortho intramolecular Hbond substituents is 3. The Morgan fingerprint density at radius 2 is 1.48 bits per heavy atom. The van der Waals surface area contributed by atoms with Gasteiger partial charge in [-0.2, -0.15) is 0 Å². The fourth-order valence-electron chi connectivity index (χ4n) is 4.92. The monoisotopic (exact) mass is 594 g/mol. The van der Waals surface area contributed by atoms with E-state index in [-0.39, 0.29) is 33.8 Å². The van der Waals surface area contributed by atoms with Crippen LogP contribution in [0.2, 0.25) is 0 Å². The van der Waals surface area contributed by atoms with E-state index in [2.05, 4.69) is 0 Å². The van der Waals surface area contributed by atoms with Crippen molar-refractivity contribution < 1.29 is 69.3 Å². The van der Waals surface area contributed by atoms with Gasteiger partial charge in [-0.3, -0.25) is 4.79 Å². The van der Waals surface area contributed by atoms with Crippen molar-refractivity contribution in [3.8, 4) is 34.3 Å². The number of ether oxygens (including phenoxy) is 4. The summed E-state index contributed by atoms with van der Waals surface area (Å²) in [5, 5.41) is 91.2. The highest BCUT2D eigenvalue weighted by Crippen LogP contribution is 2.38. The Labute approximate surface area is 236 Å². The number of aliphatic hydroxyl groups excluding tert-OH is 6. The minimum Gasteiger partial charge on any atom is -0.508 e. The number of phenols is 3. The molecule has 0 aliphatic carbocycles. The van der Waals surface area contributed by atoms with Crippen molar-refractivity contribution in [1.29, 1.82) is 0 Å². The lowest BCUT2D eigenvalue weighted by molar-refractivity contribution is -0.348. The summed E-state index contributed by atoms with van der Waals surface area (Å²) in [5.41, 5.74) is -0.874. The first-order valence-corrected chi connectivity index (χ1v) is 12.9. The molecular weight excluding hydrogens is 564 g/mol. The van der Waals surface area contributed by atoms with Crippen LogP contribution < -0.4 is 10.2 Å². The lowest BCUT2D eigenvalue weighted by Gasteiger charge is -2.45. The molecule has 0 bridgehead atoms. The summed E-state index contributed by atoms with van der Waals surface area (Å²) in [4.78, 5) is 13.5. The maximum absolute atomic E-state index is 13.5. The van der Waals surface area contributed by atoms with Crippen molar-refractivity contribution in [2.24, 2.45) is 0 Å². The topological polar surface area (TPSA) is 249 Å². The first-order chi connectivity index (χ1) is 19.9. The third kappa shape index (κ3) is 5.37. The minimum absolute atomic E-state index is 0.0898. The van der Waals surface area contributed by atoms with E-state index in [0.29, 0.717) is 0 Å². The summed E-state index contributed by atoms with van der Waals surface area (Å²) in [5.74, 6) is -1.84. The average Bonchev–Trinajstić information content (AvgIpc) is 2.95. The van der Waals surface area contributed by atoms with Crippen molar-refractivity contribution in [2.75, 3.05) is 6.61 Å². The number of benzene rings is 2. The third-order valence-corrected chi connectivity index (χ3v) is 7.20. The molecule has 10 atom stereocenters. The zero-order valence-corrected chi connectivity index (χ0v) is 21.9. The molecule has 0 radical (unpaired) electrons. The smallest absolute Gasteiger partial charge is 0.239 e. The van der Waals surface area contributed by atoms with Gasteiger partial charge in [0.15, 0.2) is 12.1 Å². The highest BCUT2D eigenvalue weighted by atomic mass is 16.7. The molecule has 1 aromatic heterocycles. The van der Waals surface area contributed by atoms with E-state index < -0.39 is 84.9 Å². The molecule has 15 nitrogen and oxygen atoms in total. The van der Waals surface area contributed by atoms with Gasteiger partial charge in [0, 0.05) is 17.7 Å². The molecule has 2 aliphatic rings. The van der Waals surface area contributed by atoms with Crippen LogP contribution in [0.1, 0.15) is 6.92 Å². The molecule has 2 fully saturated rings. The van der Waals surface area contributed by atoms with E-state index in [1.165, 1.54) is 31.2 Å². The maximum Gasteiger partial charge on any atom is 0.239 e. The van der Waals surface area contributed by atoms with Crippen molar-refractivity contribution >= 4 is 11.0 Å². The fourth-order valence-corrected chi connectivity index (χ4v) is 4.92. The summed E-state index contributed by atoms with van der Waals surface area (Å²) >= 11 is 0. The summed E-state index contributed by atoms with van der Waals surface area (Å²) in [6.45, 7) is 0.702. The van der Waals surface area contributed by atoms with Crippen molar-refractivity contribution in [2.45, 2.75) is 68.3 Å².